The number of aromatic nitrogens is 1. The third kappa shape index (κ3) is 3.93. The minimum Gasteiger partial charge on any atom is -0.460 e. The summed E-state index contributed by atoms with van der Waals surface area (Å²) in [4.78, 5) is 4.92. The Morgan fingerprint density at radius 2 is 1.96 bits per heavy atom. The molecule has 0 saturated carbocycles. The Hall–Kier alpha value is -2.56. The molecule has 25 heavy (non-hydrogen) atoms. The lowest BCUT2D eigenvalue weighted by Gasteiger charge is -2.17. The monoisotopic (exact) mass is 333 g/mol. The van der Waals surface area contributed by atoms with Gasteiger partial charge in [0.25, 0.3) is 0 Å². The molecule has 1 aliphatic rings. The maximum Gasteiger partial charge on any atom is 0.153 e. The molecule has 0 amide bonds. The SMILES string of the molecule is Bc1ccc(-c2nc(C3C=NN(C)C3)ccc2OC(=C)C(C)C)cc1. The molecule has 2 heterocycles. The summed E-state index contributed by atoms with van der Waals surface area (Å²) in [5, 5.41) is 6.26. The highest BCUT2D eigenvalue weighted by Gasteiger charge is 2.21. The first-order chi connectivity index (χ1) is 11.9. The van der Waals surface area contributed by atoms with Crippen LogP contribution in [0.3, 0.4) is 0 Å². The summed E-state index contributed by atoms with van der Waals surface area (Å²) in [6.07, 6.45) is 1.95. The highest BCUT2D eigenvalue weighted by molar-refractivity contribution is 6.32. The van der Waals surface area contributed by atoms with Gasteiger partial charge >= 0.3 is 0 Å². The summed E-state index contributed by atoms with van der Waals surface area (Å²) < 4.78 is 6.03. The van der Waals surface area contributed by atoms with E-state index in [2.05, 4.69) is 57.6 Å². The number of allylic oxidation sites excluding steroid dienone is 1. The number of hydrazone groups is 1. The van der Waals surface area contributed by atoms with E-state index in [9.17, 15) is 0 Å². The molecule has 3 rings (SSSR count). The summed E-state index contributed by atoms with van der Waals surface area (Å²) in [5.41, 5.74) is 4.12. The minimum atomic E-state index is 0.205. The first-order valence-electron chi connectivity index (χ1n) is 8.64. The van der Waals surface area contributed by atoms with Crippen LogP contribution in [0.2, 0.25) is 0 Å². The van der Waals surface area contributed by atoms with Crippen LogP contribution in [-0.4, -0.2) is 37.6 Å². The van der Waals surface area contributed by atoms with E-state index in [-0.39, 0.29) is 11.8 Å². The molecule has 128 valence electrons. The molecule has 2 aromatic rings. The lowest BCUT2D eigenvalue weighted by atomic mass is 9.94. The van der Waals surface area contributed by atoms with Crippen molar-refractivity contribution in [3.8, 4) is 17.0 Å². The van der Waals surface area contributed by atoms with Gasteiger partial charge in [-0.3, -0.25) is 5.01 Å². The summed E-state index contributed by atoms with van der Waals surface area (Å²) in [6, 6.07) is 12.4. The fourth-order valence-corrected chi connectivity index (χ4v) is 2.67. The second-order valence-corrected chi connectivity index (χ2v) is 6.88. The number of hydrogen-bond donors (Lipinski definition) is 0. The van der Waals surface area contributed by atoms with Crippen molar-refractivity contribution in [2.45, 2.75) is 19.8 Å². The Bertz CT molecular complexity index is 799. The van der Waals surface area contributed by atoms with E-state index in [1.165, 1.54) is 5.46 Å². The largest absolute Gasteiger partial charge is 0.460 e. The van der Waals surface area contributed by atoms with Crippen LogP contribution >= 0.6 is 0 Å². The van der Waals surface area contributed by atoms with Crippen LogP contribution in [0.15, 0.2) is 53.8 Å². The van der Waals surface area contributed by atoms with E-state index in [1.54, 1.807) is 0 Å². The highest BCUT2D eigenvalue weighted by Crippen LogP contribution is 2.32. The number of nitrogens with zero attached hydrogens (tertiary/aromatic N) is 3. The quantitative estimate of drug-likeness (QED) is 0.623. The fraction of sp³-hybridized carbons (Fsp3) is 0.300. The second kappa shape index (κ2) is 7.13. The highest BCUT2D eigenvalue weighted by atomic mass is 16.5. The Morgan fingerprint density at radius 3 is 2.56 bits per heavy atom. The van der Waals surface area contributed by atoms with E-state index < -0.39 is 0 Å². The molecule has 0 radical (unpaired) electrons. The number of likely N-dealkylation sites (N-methyl/N-ethyl adjacent to an activating group) is 1. The zero-order chi connectivity index (χ0) is 18.0. The van der Waals surface area contributed by atoms with Crippen molar-refractivity contribution in [1.29, 1.82) is 0 Å². The molecule has 1 aromatic heterocycles. The van der Waals surface area contributed by atoms with Crippen LogP contribution in [0.25, 0.3) is 11.3 Å². The van der Waals surface area contributed by atoms with Crippen LogP contribution < -0.4 is 10.2 Å². The van der Waals surface area contributed by atoms with Crippen LogP contribution in [0.5, 0.6) is 5.75 Å². The van der Waals surface area contributed by atoms with E-state index >= 15 is 0 Å². The molecule has 1 aromatic carbocycles. The van der Waals surface area contributed by atoms with Gasteiger partial charge in [0.1, 0.15) is 13.5 Å². The standard InChI is InChI=1S/C20H24BN3O/c1-13(2)14(3)25-19-10-9-18(16-11-22-24(4)12-16)23-20(19)15-5-7-17(21)8-6-15/h5-11,13,16H,3,12,21H2,1-2,4H3. The minimum absolute atomic E-state index is 0.205. The van der Waals surface area contributed by atoms with Crippen LogP contribution in [0.4, 0.5) is 0 Å². The van der Waals surface area contributed by atoms with Crippen molar-refractivity contribution in [3.05, 3.63) is 54.4 Å². The Labute approximate surface area is 150 Å². The molecule has 1 aliphatic heterocycles. The molecular formula is C20H24BN3O. The van der Waals surface area contributed by atoms with Crippen molar-refractivity contribution in [2.75, 3.05) is 13.6 Å². The molecule has 0 N–H and O–H groups in total. The van der Waals surface area contributed by atoms with Crippen molar-refractivity contribution in [2.24, 2.45) is 11.0 Å². The van der Waals surface area contributed by atoms with Crippen molar-refractivity contribution >= 4 is 19.5 Å². The molecule has 0 aliphatic carbocycles. The molecule has 0 spiro atoms. The van der Waals surface area contributed by atoms with E-state index in [0.29, 0.717) is 0 Å². The predicted octanol–water partition coefficient (Wildman–Crippen LogP) is 2.57. The average molecular weight is 333 g/mol. The molecule has 0 fully saturated rings. The Kier molecular flexibility index (Phi) is 4.93. The van der Waals surface area contributed by atoms with Gasteiger partial charge in [-0.1, -0.05) is 50.2 Å². The Balaban J connectivity index is 2.01. The van der Waals surface area contributed by atoms with Gasteiger partial charge in [-0.05, 0) is 12.1 Å². The van der Waals surface area contributed by atoms with Gasteiger partial charge in [0.05, 0.1) is 17.4 Å². The molecule has 1 atom stereocenters. The average Bonchev–Trinajstić information content (AvgIpc) is 3.02. The number of ether oxygens (including phenoxy) is 1. The number of hydrogen-bond acceptors (Lipinski definition) is 4. The third-order valence-corrected chi connectivity index (χ3v) is 4.37. The first-order valence-corrected chi connectivity index (χ1v) is 8.64. The van der Waals surface area contributed by atoms with E-state index in [0.717, 1.165) is 35.0 Å². The normalized spacial score (nSPS) is 16.5. The summed E-state index contributed by atoms with van der Waals surface area (Å²) in [5.74, 6) is 1.94. The summed E-state index contributed by atoms with van der Waals surface area (Å²) in [6.45, 7) is 9.02. The number of rotatable bonds is 5. The van der Waals surface area contributed by atoms with Crippen molar-refractivity contribution in [1.82, 2.24) is 9.99 Å². The van der Waals surface area contributed by atoms with Crippen LogP contribution in [0.1, 0.15) is 25.5 Å². The number of benzene rings is 1. The zero-order valence-electron chi connectivity index (χ0n) is 15.4. The zero-order valence-corrected chi connectivity index (χ0v) is 15.4. The lowest BCUT2D eigenvalue weighted by molar-refractivity contribution is 0.370. The first kappa shape index (κ1) is 17.3. The van der Waals surface area contributed by atoms with Gasteiger partial charge in [0.15, 0.2) is 5.75 Å². The van der Waals surface area contributed by atoms with Gasteiger partial charge in [-0.25, -0.2) is 4.98 Å². The fourth-order valence-electron chi connectivity index (χ4n) is 2.67. The molecule has 0 bridgehead atoms. The molecule has 1 unspecified atom stereocenters. The van der Waals surface area contributed by atoms with E-state index in [4.69, 9.17) is 9.72 Å². The van der Waals surface area contributed by atoms with Crippen LogP contribution in [-0.2, 0) is 0 Å². The summed E-state index contributed by atoms with van der Waals surface area (Å²) >= 11 is 0. The molecule has 4 nitrogen and oxygen atoms in total. The van der Waals surface area contributed by atoms with Crippen molar-refractivity contribution < 1.29 is 4.74 Å². The van der Waals surface area contributed by atoms with Crippen LogP contribution in [0, 0.1) is 5.92 Å². The maximum atomic E-state index is 6.03. The summed E-state index contributed by atoms with van der Waals surface area (Å²) in [7, 11) is 4.05. The topological polar surface area (TPSA) is 37.7 Å². The third-order valence-electron chi connectivity index (χ3n) is 4.37. The molecule has 0 saturated heterocycles. The van der Waals surface area contributed by atoms with Gasteiger partial charge < -0.3 is 4.74 Å². The van der Waals surface area contributed by atoms with Gasteiger partial charge in [0.2, 0.25) is 0 Å². The van der Waals surface area contributed by atoms with E-state index in [1.807, 2.05) is 30.4 Å². The smallest absolute Gasteiger partial charge is 0.153 e. The molecule has 5 heteroatoms. The lowest BCUT2D eigenvalue weighted by Crippen LogP contribution is -2.13. The van der Waals surface area contributed by atoms with Crippen molar-refractivity contribution in [3.63, 3.8) is 0 Å². The van der Waals surface area contributed by atoms with Gasteiger partial charge in [-0.2, -0.15) is 5.10 Å². The van der Waals surface area contributed by atoms with Gasteiger partial charge in [-0.15, -0.1) is 0 Å². The second-order valence-electron chi connectivity index (χ2n) is 6.88. The predicted molar refractivity (Wildman–Crippen MR) is 106 cm³/mol. The number of pyridine rings is 1. The molecular weight excluding hydrogens is 309 g/mol. The maximum absolute atomic E-state index is 6.03. The van der Waals surface area contributed by atoms with Gasteiger partial charge in [0, 0.05) is 31.3 Å². The Morgan fingerprint density at radius 1 is 1.24 bits per heavy atom.